The third kappa shape index (κ3) is 3.84. The number of nitrogens with zero attached hydrogens (tertiary/aromatic N) is 2. The molecule has 0 aliphatic carbocycles. The maximum absolute atomic E-state index is 12.8. The first-order valence-electron chi connectivity index (χ1n) is 8.40. The summed E-state index contributed by atoms with van der Waals surface area (Å²) in [5.41, 5.74) is 2.82. The van der Waals surface area contributed by atoms with Gasteiger partial charge in [-0.15, -0.1) is 0 Å². The van der Waals surface area contributed by atoms with Crippen LogP contribution in [0.4, 0.5) is 0 Å². The summed E-state index contributed by atoms with van der Waals surface area (Å²) in [6, 6.07) is 7.31. The van der Waals surface area contributed by atoms with Crippen molar-refractivity contribution >= 4 is 19.9 Å². The van der Waals surface area contributed by atoms with E-state index in [2.05, 4.69) is 9.82 Å². The Bertz CT molecular complexity index is 1020. The van der Waals surface area contributed by atoms with Gasteiger partial charge in [-0.3, -0.25) is 4.68 Å². The van der Waals surface area contributed by atoms with Gasteiger partial charge in [0.25, 0.3) is 0 Å². The molecule has 9 heteroatoms. The molecule has 1 aliphatic heterocycles. The summed E-state index contributed by atoms with van der Waals surface area (Å²) in [5.74, 6) is 0.120. The molecule has 1 aliphatic rings. The first kappa shape index (κ1) is 19.1. The van der Waals surface area contributed by atoms with Gasteiger partial charge in [0.2, 0.25) is 10.0 Å². The summed E-state index contributed by atoms with van der Waals surface area (Å²) in [6.07, 6.45) is 0.459. The van der Waals surface area contributed by atoms with Crippen LogP contribution in [-0.4, -0.2) is 38.1 Å². The summed E-state index contributed by atoms with van der Waals surface area (Å²) in [6.45, 7) is 5.46. The largest absolute Gasteiger partial charge is 0.264 e. The molecule has 3 rings (SSSR count). The van der Waals surface area contributed by atoms with Gasteiger partial charge in [0, 0.05) is 6.54 Å². The minimum atomic E-state index is -3.75. The van der Waals surface area contributed by atoms with Crippen molar-refractivity contribution in [2.24, 2.45) is 0 Å². The number of nitrogens with one attached hydrogen (secondary N) is 1. The Morgan fingerprint density at radius 3 is 2.42 bits per heavy atom. The zero-order valence-electron chi connectivity index (χ0n) is 15.1. The van der Waals surface area contributed by atoms with Gasteiger partial charge in [0.1, 0.15) is 4.90 Å². The van der Waals surface area contributed by atoms with E-state index in [0.717, 1.165) is 11.1 Å². The van der Waals surface area contributed by atoms with Crippen molar-refractivity contribution in [3.8, 4) is 0 Å². The quantitative estimate of drug-likeness (QED) is 0.827. The molecule has 0 amide bonds. The summed E-state index contributed by atoms with van der Waals surface area (Å²) < 4.78 is 53.2. The van der Waals surface area contributed by atoms with E-state index in [1.807, 2.05) is 31.2 Å². The van der Waals surface area contributed by atoms with Gasteiger partial charge < -0.3 is 0 Å². The van der Waals surface area contributed by atoms with Gasteiger partial charge >= 0.3 is 0 Å². The smallest absolute Gasteiger partial charge is 0.244 e. The molecule has 1 aromatic heterocycles. The van der Waals surface area contributed by atoms with E-state index in [9.17, 15) is 16.8 Å². The van der Waals surface area contributed by atoms with E-state index in [1.165, 1.54) is 0 Å². The number of hydrogen-bond donors (Lipinski definition) is 1. The second-order valence-electron chi connectivity index (χ2n) is 6.81. The molecular weight excluding hydrogens is 374 g/mol. The number of sulfone groups is 1. The molecule has 1 N–H and O–H groups in total. The van der Waals surface area contributed by atoms with Crippen molar-refractivity contribution in [1.82, 2.24) is 14.5 Å². The summed E-state index contributed by atoms with van der Waals surface area (Å²) in [5, 5.41) is 4.32. The standard InChI is InChI=1S/C17H23N3O4S2/c1-12-4-6-15(7-5-12)10-18-26(23,24)17-13(2)19-20(14(17)3)16-8-9-25(21,22)11-16/h4-7,16,18H,8-11H2,1-3H3/t16-/m0/s1. The van der Waals surface area contributed by atoms with E-state index in [4.69, 9.17) is 0 Å². The molecule has 0 saturated carbocycles. The van der Waals surface area contributed by atoms with Crippen molar-refractivity contribution < 1.29 is 16.8 Å². The minimum Gasteiger partial charge on any atom is -0.264 e. The molecule has 26 heavy (non-hydrogen) atoms. The van der Waals surface area contributed by atoms with Crippen LogP contribution in [-0.2, 0) is 26.4 Å². The average molecular weight is 398 g/mol. The highest BCUT2D eigenvalue weighted by Crippen LogP contribution is 2.28. The van der Waals surface area contributed by atoms with Gasteiger partial charge in [-0.05, 0) is 32.8 Å². The van der Waals surface area contributed by atoms with Crippen LogP contribution < -0.4 is 4.72 Å². The Kier molecular flexibility index (Phi) is 4.98. The van der Waals surface area contributed by atoms with E-state index < -0.39 is 19.9 Å². The molecule has 0 radical (unpaired) electrons. The molecule has 2 aromatic rings. The topological polar surface area (TPSA) is 98.1 Å². The lowest BCUT2D eigenvalue weighted by Crippen LogP contribution is -2.24. The van der Waals surface area contributed by atoms with Crippen molar-refractivity contribution in [1.29, 1.82) is 0 Å². The van der Waals surface area contributed by atoms with Gasteiger partial charge in [0.15, 0.2) is 9.84 Å². The molecule has 1 atom stereocenters. The summed E-state index contributed by atoms with van der Waals surface area (Å²) in [7, 11) is -6.83. The number of hydrogen-bond acceptors (Lipinski definition) is 5. The number of rotatable bonds is 5. The fourth-order valence-corrected chi connectivity index (χ4v) is 6.42. The third-order valence-corrected chi connectivity index (χ3v) is 8.07. The second kappa shape index (κ2) is 6.79. The highest BCUT2D eigenvalue weighted by molar-refractivity contribution is 7.91. The maximum Gasteiger partial charge on any atom is 0.244 e. The maximum atomic E-state index is 12.8. The van der Waals surface area contributed by atoms with Crippen LogP contribution in [0.2, 0.25) is 0 Å². The van der Waals surface area contributed by atoms with Crippen LogP contribution in [0.25, 0.3) is 0 Å². The lowest BCUT2D eigenvalue weighted by atomic mass is 10.2. The Morgan fingerprint density at radius 2 is 1.85 bits per heavy atom. The summed E-state index contributed by atoms with van der Waals surface area (Å²) >= 11 is 0. The fourth-order valence-electron chi connectivity index (χ4n) is 3.32. The van der Waals surface area contributed by atoms with Crippen LogP contribution in [0.5, 0.6) is 0 Å². The Hall–Kier alpha value is -1.71. The third-order valence-electron chi connectivity index (χ3n) is 4.67. The molecule has 1 aromatic carbocycles. The lowest BCUT2D eigenvalue weighted by Gasteiger charge is -2.12. The predicted octanol–water partition coefficient (Wildman–Crippen LogP) is 1.65. The van der Waals surface area contributed by atoms with Crippen molar-refractivity contribution in [3.63, 3.8) is 0 Å². The Morgan fingerprint density at radius 1 is 1.19 bits per heavy atom. The number of sulfonamides is 1. The van der Waals surface area contributed by atoms with E-state index in [0.29, 0.717) is 17.8 Å². The highest BCUT2D eigenvalue weighted by Gasteiger charge is 2.33. The summed E-state index contributed by atoms with van der Waals surface area (Å²) in [4.78, 5) is 0.133. The van der Waals surface area contributed by atoms with Crippen LogP contribution in [0.3, 0.4) is 0 Å². The Labute approximate surface area is 154 Å². The van der Waals surface area contributed by atoms with Crippen LogP contribution in [0.15, 0.2) is 29.2 Å². The van der Waals surface area contributed by atoms with Crippen molar-refractivity contribution in [2.75, 3.05) is 11.5 Å². The molecule has 2 heterocycles. The minimum absolute atomic E-state index is 0.00520. The van der Waals surface area contributed by atoms with Gasteiger partial charge in [0.05, 0.1) is 28.9 Å². The van der Waals surface area contributed by atoms with E-state index in [1.54, 1.807) is 18.5 Å². The SMILES string of the molecule is Cc1ccc(CNS(=O)(=O)c2c(C)nn([C@H]3CCS(=O)(=O)C3)c2C)cc1. The van der Waals surface area contributed by atoms with Crippen LogP contribution in [0, 0.1) is 20.8 Å². The molecular formula is C17H23N3O4S2. The molecule has 0 unspecified atom stereocenters. The van der Waals surface area contributed by atoms with Crippen LogP contribution >= 0.6 is 0 Å². The monoisotopic (exact) mass is 397 g/mol. The number of aryl methyl sites for hydroxylation is 2. The van der Waals surface area contributed by atoms with E-state index in [-0.39, 0.29) is 29.0 Å². The van der Waals surface area contributed by atoms with Gasteiger partial charge in [-0.2, -0.15) is 5.10 Å². The van der Waals surface area contributed by atoms with Crippen molar-refractivity contribution in [3.05, 3.63) is 46.8 Å². The fraction of sp³-hybridized carbons (Fsp3) is 0.471. The average Bonchev–Trinajstić information content (AvgIpc) is 3.06. The molecule has 0 spiro atoms. The first-order chi connectivity index (χ1) is 12.1. The lowest BCUT2D eigenvalue weighted by molar-refractivity contribution is 0.484. The van der Waals surface area contributed by atoms with Crippen molar-refractivity contribution in [2.45, 2.75) is 44.7 Å². The zero-order valence-corrected chi connectivity index (χ0v) is 16.7. The molecule has 142 valence electrons. The predicted molar refractivity (Wildman–Crippen MR) is 99.2 cm³/mol. The molecule has 7 nitrogen and oxygen atoms in total. The first-order valence-corrected chi connectivity index (χ1v) is 11.7. The number of benzene rings is 1. The highest BCUT2D eigenvalue weighted by atomic mass is 32.2. The van der Waals surface area contributed by atoms with Crippen LogP contribution in [0.1, 0.15) is 35.0 Å². The zero-order chi connectivity index (χ0) is 19.1. The van der Waals surface area contributed by atoms with Gasteiger partial charge in [-0.25, -0.2) is 21.6 Å². The van der Waals surface area contributed by atoms with Gasteiger partial charge in [-0.1, -0.05) is 29.8 Å². The Balaban J connectivity index is 1.85. The molecule has 0 bridgehead atoms. The second-order valence-corrected chi connectivity index (χ2v) is 10.7. The van der Waals surface area contributed by atoms with E-state index >= 15 is 0 Å². The molecule has 1 fully saturated rings. The number of aromatic nitrogens is 2. The normalized spacial score (nSPS) is 19.7. The molecule has 1 saturated heterocycles.